The highest BCUT2D eigenvalue weighted by Crippen LogP contribution is 2.33. The highest BCUT2D eigenvalue weighted by Gasteiger charge is 2.41. The van der Waals surface area contributed by atoms with Crippen LogP contribution in [0.25, 0.3) is 0 Å². The van der Waals surface area contributed by atoms with Gasteiger partial charge in [-0.25, -0.2) is 0 Å². The molecule has 4 unspecified atom stereocenters. The van der Waals surface area contributed by atoms with Crippen LogP contribution in [0.4, 0.5) is 0 Å². The third kappa shape index (κ3) is 7.76. The Morgan fingerprint density at radius 1 is 1.02 bits per heavy atom. The van der Waals surface area contributed by atoms with Crippen molar-refractivity contribution < 1.29 is 29.4 Å². The predicted molar refractivity (Wildman–Crippen MR) is 159 cm³/mol. The number of hydrogen-bond donors (Lipinski definition) is 4. The van der Waals surface area contributed by atoms with Crippen molar-refractivity contribution in [3.05, 3.63) is 71.3 Å². The fourth-order valence-corrected chi connectivity index (χ4v) is 6.20. The molecule has 0 aromatic heterocycles. The lowest BCUT2D eigenvalue weighted by Crippen LogP contribution is -2.60. The summed E-state index contributed by atoms with van der Waals surface area (Å²) in [5, 5.41) is 26.4. The standard InChI is InChI=1S/C33H43N3O6/c1-2-3-16-26(30(39)35-28-17-9-10-19-33(28,42)20-11-18-29(37)38)34-31(40)27(21-23-12-5-4-6-13-23)36-22-24-14-7-8-15-25(24)32(36)41/h4-8,12-15,26-28,42H,2-3,9-11,16-22H2,1H3,(H,34,40)(H,35,39)(H,37,38). The minimum atomic E-state index is -1.19. The van der Waals surface area contributed by atoms with Crippen molar-refractivity contribution in [3.8, 4) is 0 Å². The maximum Gasteiger partial charge on any atom is 0.303 e. The fourth-order valence-electron chi connectivity index (χ4n) is 6.20. The van der Waals surface area contributed by atoms with Crippen LogP contribution in [0.5, 0.6) is 0 Å². The summed E-state index contributed by atoms with van der Waals surface area (Å²) >= 11 is 0. The average Bonchev–Trinajstić information content (AvgIpc) is 3.31. The summed E-state index contributed by atoms with van der Waals surface area (Å²) in [5.41, 5.74) is 1.17. The van der Waals surface area contributed by atoms with Crippen molar-refractivity contribution in [2.24, 2.45) is 0 Å². The Kier molecular flexibility index (Phi) is 10.7. The molecule has 2 aromatic rings. The Morgan fingerprint density at radius 3 is 2.48 bits per heavy atom. The predicted octanol–water partition coefficient (Wildman–Crippen LogP) is 3.97. The van der Waals surface area contributed by atoms with E-state index in [9.17, 15) is 24.3 Å². The number of benzene rings is 2. The van der Waals surface area contributed by atoms with Gasteiger partial charge < -0.3 is 25.7 Å². The molecule has 0 radical (unpaired) electrons. The van der Waals surface area contributed by atoms with Gasteiger partial charge in [0.1, 0.15) is 12.1 Å². The number of unbranched alkanes of at least 4 members (excludes halogenated alkanes) is 1. The van der Waals surface area contributed by atoms with Crippen LogP contribution in [0.2, 0.25) is 0 Å². The Labute approximate surface area is 247 Å². The van der Waals surface area contributed by atoms with E-state index in [0.717, 1.165) is 30.4 Å². The van der Waals surface area contributed by atoms with Crippen molar-refractivity contribution in [2.45, 2.75) is 108 Å². The number of aliphatic hydroxyl groups is 1. The Balaban J connectivity index is 1.51. The zero-order valence-electron chi connectivity index (χ0n) is 24.4. The van der Waals surface area contributed by atoms with E-state index in [2.05, 4.69) is 10.6 Å². The van der Waals surface area contributed by atoms with Gasteiger partial charge in [-0.1, -0.05) is 81.1 Å². The molecule has 226 valence electrons. The van der Waals surface area contributed by atoms with E-state index in [4.69, 9.17) is 5.11 Å². The van der Waals surface area contributed by atoms with Crippen LogP contribution in [0.1, 0.15) is 92.6 Å². The van der Waals surface area contributed by atoms with Gasteiger partial charge in [0.15, 0.2) is 0 Å². The van der Waals surface area contributed by atoms with Crippen LogP contribution in [0.3, 0.4) is 0 Å². The third-order valence-electron chi connectivity index (χ3n) is 8.60. The smallest absolute Gasteiger partial charge is 0.303 e. The SMILES string of the molecule is CCCCC(NC(=O)C(Cc1ccccc1)N1Cc2ccccc2C1=O)C(=O)NC1CCCCC1(O)CCCC(=O)O. The van der Waals surface area contributed by atoms with Gasteiger partial charge in [-0.05, 0) is 49.3 Å². The molecule has 42 heavy (non-hydrogen) atoms. The van der Waals surface area contributed by atoms with Crippen molar-refractivity contribution in [1.82, 2.24) is 15.5 Å². The molecule has 1 aliphatic carbocycles. The number of carboxylic acid groups (broad SMARTS) is 1. The summed E-state index contributed by atoms with van der Waals surface area (Å²) in [5.74, 6) is -1.88. The maximum absolute atomic E-state index is 13.9. The van der Waals surface area contributed by atoms with E-state index in [0.29, 0.717) is 50.6 Å². The molecule has 2 aromatic carbocycles. The monoisotopic (exact) mass is 577 g/mol. The molecule has 4 N–H and O–H groups in total. The Morgan fingerprint density at radius 2 is 1.76 bits per heavy atom. The Bertz CT molecular complexity index is 1250. The van der Waals surface area contributed by atoms with Gasteiger partial charge in [0.25, 0.3) is 5.91 Å². The number of rotatable bonds is 14. The molecule has 1 fully saturated rings. The van der Waals surface area contributed by atoms with Gasteiger partial charge in [-0.3, -0.25) is 19.2 Å². The number of nitrogens with zero attached hydrogens (tertiary/aromatic N) is 1. The minimum Gasteiger partial charge on any atom is -0.481 e. The summed E-state index contributed by atoms with van der Waals surface area (Å²) < 4.78 is 0. The highest BCUT2D eigenvalue weighted by atomic mass is 16.4. The molecule has 4 rings (SSSR count). The Hall–Kier alpha value is -3.72. The summed E-state index contributed by atoms with van der Waals surface area (Å²) in [6.07, 6.45) is 5.55. The molecule has 0 saturated heterocycles. The van der Waals surface area contributed by atoms with E-state index in [1.165, 1.54) is 0 Å². The van der Waals surface area contributed by atoms with Crippen LogP contribution in [0, 0.1) is 0 Å². The van der Waals surface area contributed by atoms with Gasteiger partial charge in [-0.15, -0.1) is 0 Å². The number of carbonyl (C=O) groups is 4. The second-order valence-corrected chi connectivity index (χ2v) is 11.7. The number of nitrogens with one attached hydrogen (secondary N) is 2. The zero-order chi connectivity index (χ0) is 30.1. The number of carbonyl (C=O) groups excluding carboxylic acids is 3. The highest BCUT2D eigenvalue weighted by molar-refractivity contribution is 6.01. The number of fused-ring (bicyclic) bond motifs is 1. The average molecular weight is 578 g/mol. The van der Waals surface area contributed by atoms with Crippen LogP contribution in [0.15, 0.2) is 54.6 Å². The molecule has 3 amide bonds. The normalized spacial score (nSPS) is 21.3. The van der Waals surface area contributed by atoms with Crippen molar-refractivity contribution in [2.75, 3.05) is 0 Å². The molecule has 9 nitrogen and oxygen atoms in total. The maximum atomic E-state index is 13.9. The van der Waals surface area contributed by atoms with E-state index >= 15 is 0 Å². The second-order valence-electron chi connectivity index (χ2n) is 11.7. The molecular formula is C33H43N3O6. The number of carboxylic acids is 1. The van der Waals surface area contributed by atoms with Crippen LogP contribution < -0.4 is 10.6 Å². The van der Waals surface area contributed by atoms with Crippen LogP contribution in [-0.4, -0.2) is 62.5 Å². The van der Waals surface area contributed by atoms with Crippen molar-refractivity contribution >= 4 is 23.7 Å². The van der Waals surface area contributed by atoms with Crippen molar-refractivity contribution in [1.29, 1.82) is 0 Å². The van der Waals surface area contributed by atoms with Gasteiger partial charge in [0.05, 0.1) is 11.6 Å². The summed E-state index contributed by atoms with van der Waals surface area (Å²) in [6.45, 7) is 2.33. The van der Waals surface area contributed by atoms with Crippen LogP contribution in [-0.2, 0) is 27.3 Å². The molecule has 0 bridgehead atoms. The van der Waals surface area contributed by atoms with E-state index < -0.39 is 35.6 Å². The third-order valence-corrected chi connectivity index (χ3v) is 8.60. The fraction of sp³-hybridized carbons (Fsp3) is 0.515. The quantitative estimate of drug-likeness (QED) is 0.268. The second kappa shape index (κ2) is 14.4. The minimum absolute atomic E-state index is 0.0416. The van der Waals surface area contributed by atoms with Gasteiger partial charge in [0.2, 0.25) is 11.8 Å². The number of aliphatic carboxylic acids is 1. The van der Waals surface area contributed by atoms with Gasteiger partial charge >= 0.3 is 5.97 Å². The van der Waals surface area contributed by atoms with Gasteiger partial charge in [-0.2, -0.15) is 0 Å². The first-order chi connectivity index (χ1) is 20.2. The topological polar surface area (TPSA) is 136 Å². The first kappa shape index (κ1) is 31.2. The van der Waals surface area contributed by atoms with Crippen molar-refractivity contribution in [3.63, 3.8) is 0 Å². The molecule has 2 aliphatic rings. The number of hydrogen-bond acceptors (Lipinski definition) is 5. The van der Waals surface area contributed by atoms with E-state index in [1.54, 1.807) is 11.0 Å². The van der Waals surface area contributed by atoms with E-state index in [-0.39, 0.29) is 24.7 Å². The lowest BCUT2D eigenvalue weighted by Gasteiger charge is -2.41. The molecule has 1 heterocycles. The first-order valence-corrected chi connectivity index (χ1v) is 15.2. The molecular weight excluding hydrogens is 534 g/mol. The summed E-state index contributed by atoms with van der Waals surface area (Å²) in [4.78, 5) is 53.6. The van der Waals surface area contributed by atoms with Crippen LogP contribution >= 0.6 is 0 Å². The lowest BCUT2D eigenvalue weighted by atomic mass is 9.77. The largest absolute Gasteiger partial charge is 0.481 e. The molecule has 9 heteroatoms. The van der Waals surface area contributed by atoms with E-state index in [1.807, 2.05) is 55.5 Å². The molecule has 1 saturated carbocycles. The molecule has 1 aliphatic heterocycles. The molecule has 4 atom stereocenters. The summed E-state index contributed by atoms with van der Waals surface area (Å²) in [6, 6.07) is 14.7. The zero-order valence-corrected chi connectivity index (χ0v) is 24.4. The van der Waals surface area contributed by atoms with Gasteiger partial charge in [0, 0.05) is 24.9 Å². The number of amides is 3. The molecule has 0 spiro atoms. The first-order valence-electron chi connectivity index (χ1n) is 15.2. The lowest BCUT2D eigenvalue weighted by molar-refractivity contribution is -0.138. The summed E-state index contributed by atoms with van der Waals surface area (Å²) in [7, 11) is 0.